The molecule has 2 fully saturated rings. The second-order valence-electron chi connectivity index (χ2n) is 7.10. The Kier molecular flexibility index (Phi) is 4.72. The number of likely N-dealkylation sites (N-methyl/N-ethyl adjacent to an activating group) is 1. The third-order valence-electron chi connectivity index (χ3n) is 5.67. The second-order valence-corrected chi connectivity index (χ2v) is 8.02. The first kappa shape index (κ1) is 15.5. The highest BCUT2D eigenvalue weighted by Crippen LogP contribution is 2.47. The van der Waals surface area contributed by atoms with Crippen LogP contribution in [-0.2, 0) is 6.54 Å². The van der Waals surface area contributed by atoms with Gasteiger partial charge in [-0.05, 0) is 62.3 Å². The molecule has 2 aliphatic carbocycles. The fraction of sp³-hybridized carbons (Fsp3) is 0.667. The van der Waals surface area contributed by atoms with E-state index in [0.717, 1.165) is 29.4 Å². The van der Waals surface area contributed by atoms with Gasteiger partial charge in [0.25, 0.3) is 0 Å². The first-order valence-corrected chi connectivity index (χ1v) is 9.08. The molecule has 116 valence electrons. The summed E-state index contributed by atoms with van der Waals surface area (Å²) in [6.45, 7) is 1.80. The molecule has 2 unspecified atom stereocenters. The summed E-state index contributed by atoms with van der Waals surface area (Å²) in [7, 11) is 2.27. The van der Waals surface area contributed by atoms with Crippen LogP contribution in [0.2, 0.25) is 0 Å². The van der Waals surface area contributed by atoms with Crippen molar-refractivity contribution in [2.75, 3.05) is 13.6 Å². The fourth-order valence-electron chi connectivity index (χ4n) is 4.07. The highest BCUT2D eigenvalue weighted by atomic mass is 79.9. The predicted octanol–water partition coefficient (Wildman–Crippen LogP) is 4.18. The minimum Gasteiger partial charge on any atom is -0.329 e. The van der Waals surface area contributed by atoms with E-state index in [-0.39, 0.29) is 5.54 Å². The van der Waals surface area contributed by atoms with Crippen molar-refractivity contribution in [1.29, 1.82) is 0 Å². The first-order valence-electron chi connectivity index (χ1n) is 8.29. The van der Waals surface area contributed by atoms with Gasteiger partial charge >= 0.3 is 0 Å². The SMILES string of the molecule is CN(Cc1ccc(Br)cc1)C1(CN)CCCC(C2CC2)C1. The van der Waals surface area contributed by atoms with Gasteiger partial charge < -0.3 is 5.73 Å². The van der Waals surface area contributed by atoms with Gasteiger partial charge in [0.05, 0.1) is 0 Å². The summed E-state index contributed by atoms with van der Waals surface area (Å²) in [4.78, 5) is 2.53. The molecule has 0 bridgehead atoms. The van der Waals surface area contributed by atoms with E-state index in [0.29, 0.717) is 0 Å². The van der Waals surface area contributed by atoms with Crippen molar-refractivity contribution >= 4 is 15.9 Å². The average molecular weight is 351 g/mol. The number of halogens is 1. The molecule has 1 aromatic rings. The van der Waals surface area contributed by atoms with Crippen LogP contribution >= 0.6 is 15.9 Å². The van der Waals surface area contributed by atoms with Gasteiger partial charge in [-0.1, -0.05) is 40.9 Å². The van der Waals surface area contributed by atoms with E-state index in [1.54, 1.807) is 0 Å². The largest absolute Gasteiger partial charge is 0.329 e. The summed E-state index contributed by atoms with van der Waals surface area (Å²) in [5, 5.41) is 0. The molecule has 21 heavy (non-hydrogen) atoms. The van der Waals surface area contributed by atoms with Crippen LogP contribution < -0.4 is 5.73 Å². The number of nitrogens with zero attached hydrogens (tertiary/aromatic N) is 1. The summed E-state index contributed by atoms with van der Waals surface area (Å²) < 4.78 is 1.15. The number of rotatable bonds is 5. The molecule has 2 atom stereocenters. The maximum atomic E-state index is 6.25. The third kappa shape index (κ3) is 3.52. The van der Waals surface area contributed by atoms with Crippen molar-refractivity contribution in [2.24, 2.45) is 17.6 Å². The second kappa shape index (κ2) is 6.39. The van der Waals surface area contributed by atoms with Crippen LogP contribution in [0, 0.1) is 11.8 Å². The van der Waals surface area contributed by atoms with E-state index in [9.17, 15) is 0 Å². The van der Waals surface area contributed by atoms with Gasteiger partial charge in [-0.25, -0.2) is 0 Å². The Hall–Kier alpha value is -0.380. The Bertz CT molecular complexity index is 469. The Morgan fingerprint density at radius 3 is 2.52 bits per heavy atom. The molecule has 1 aromatic carbocycles. The molecule has 2 N–H and O–H groups in total. The van der Waals surface area contributed by atoms with Crippen LogP contribution in [0.5, 0.6) is 0 Å². The number of benzene rings is 1. The molecular formula is C18H27BrN2. The van der Waals surface area contributed by atoms with Crippen LogP contribution in [0.4, 0.5) is 0 Å². The quantitative estimate of drug-likeness (QED) is 0.862. The predicted molar refractivity (Wildman–Crippen MR) is 92.1 cm³/mol. The van der Waals surface area contributed by atoms with Gasteiger partial charge in [0.1, 0.15) is 0 Å². The monoisotopic (exact) mass is 350 g/mol. The van der Waals surface area contributed by atoms with Crippen molar-refractivity contribution < 1.29 is 0 Å². The molecule has 0 heterocycles. The molecule has 2 nitrogen and oxygen atoms in total. The van der Waals surface area contributed by atoms with Crippen LogP contribution in [-0.4, -0.2) is 24.0 Å². The summed E-state index contributed by atoms with van der Waals surface area (Å²) in [6.07, 6.45) is 8.27. The van der Waals surface area contributed by atoms with Crippen LogP contribution in [0.25, 0.3) is 0 Å². The molecule has 0 spiro atoms. The summed E-state index contributed by atoms with van der Waals surface area (Å²) in [5.41, 5.74) is 7.85. The zero-order valence-electron chi connectivity index (χ0n) is 13.0. The minimum atomic E-state index is 0.221. The van der Waals surface area contributed by atoms with Crippen molar-refractivity contribution in [1.82, 2.24) is 4.90 Å². The van der Waals surface area contributed by atoms with E-state index in [4.69, 9.17) is 5.73 Å². The Morgan fingerprint density at radius 2 is 1.90 bits per heavy atom. The highest BCUT2D eigenvalue weighted by molar-refractivity contribution is 9.10. The molecule has 2 saturated carbocycles. The summed E-state index contributed by atoms with van der Waals surface area (Å²) in [6, 6.07) is 8.69. The van der Waals surface area contributed by atoms with Crippen molar-refractivity contribution in [3.05, 3.63) is 34.3 Å². The minimum absolute atomic E-state index is 0.221. The van der Waals surface area contributed by atoms with Crippen LogP contribution in [0.3, 0.4) is 0 Å². The van der Waals surface area contributed by atoms with E-state index >= 15 is 0 Å². The average Bonchev–Trinajstić information content (AvgIpc) is 3.34. The normalized spacial score (nSPS) is 29.8. The molecule has 0 saturated heterocycles. The molecule has 0 aliphatic heterocycles. The van der Waals surface area contributed by atoms with Crippen LogP contribution in [0.1, 0.15) is 44.1 Å². The molecule has 3 rings (SSSR count). The lowest BCUT2D eigenvalue weighted by atomic mass is 9.73. The molecule has 0 radical (unpaired) electrons. The Balaban J connectivity index is 1.69. The topological polar surface area (TPSA) is 29.3 Å². The van der Waals surface area contributed by atoms with Gasteiger partial charge in [0, 0.05) is 23.1 Å². The zero-order valence-corrected chi connectivity index (χ0v) is 14.6. The molecule has 3 heteroatoms. The van der Waals surface area contributed by atoms with Crippen molar-refractivity contribution in [3.63, 3.8) is 0 Å². The van der Waals surface area contributed by atoms with Gasteiger partial charge in [-0.2, -0.15) is 0 Å². The maximum Gasteiger partial charge on any atom is 0.0334 e. The molecular weight excluding hydrogens is 324 g/mol. The molecule has 0 aromatic heterocycles. The lowest BCUT2D eigenvalue weighted by Gasteiger charge is -2.47. The standard InChI is InChI=1S/C18H27BrN2/c1-21(12-14-4-8-17(19)9-5-14)18(13-20)10-2-3-16(11-18)15-6-7-15/h4-5,8-9,15-16H,2-3,6-7,10-13,20H2,1H3. The molecule has 0 amide bonds. The van der Waals surface area contributed by atoms with Gasteiger partial charge in [-0.15, -0.1) is 0 Å². The number of nitrogens with two attached hydrogens (primary N) is 1. The van der Waals surface area contributed by atoms with Crippen LogP contribution in [0.15, 0.2) is 28.7 Å². The zero-order chi connectivity index (χ0) is 14.9. The maximum absolute atomic E-state index is 6.25. The number of hydrogen-bond acceptors (Lipinski definition) is 2. The van der Waals surface area contributed by atoms with Gasteiger partial charge in [0.15, 0.2) is 0 Å². The van der Waals surface area contributed by atoms with Crippen molar-refractivity contribution in [2.45, 2.75) is 50.6 Å². The first-order chi connectivity index (χ1) is 10.1. The molecule has 2 aliphatic rings. The summed E-state index contributed by atoms with van der Waals surface area (Å²) in [5.74, 6) is 1.94. The lowest BCUT2D eigenvalue weighted by molar-refractivity contribution is 0.0459. The third-order valence-corrected chi connectivity index (χ3v) is 6.20. The van der Waals surface area contributed by atoms with E-state index < -0.39 is 0 Å². The lowest BCUT2D eigenvalue weighted by Crippen LogP contribution is -2.54. The number of hydrogen-bond donors (Lipinski definition) is 1. The van der Waals surface area contributed by atoms with Gasteiger partial charge in [-0.3, -0.25) is 4.90 Å². The van der Waals surface area contributed by atoms with E-state index in [2.05, 4.69) is 52.1 Å². The fourth-order valence-corrected chi connectivity index (χ4v) is 4.34. The van der Waals surface area contributed by atoms with Gasteiger partial charge in [0.2, 0.25) is 0 Å². The summed E-state index contributed by atoms with van der Waals surface area (Å²) >= 11 is 3.51. The Morgan fingerprint density at radius 1 is 1.19 bits per heavy atom. The smallest absolute Gasteiger partial charge is 0.0334 e. The van der Waals surface area contributed by atoms with Crippen molar-refractivity contribution in [3.8, 4) is 0 Å². The van der Waals surface area contributed by atoms with E-state index in [1.165, 1.54) is 44.1 Å². The highest BCUT2D eigenvalue weighted by Gasteiger charge is 2.43. The Labute approximate surface area is 137 Å². The van der Waals surface area contributed by atoms with E-state index in [1.807, 2.05) is 0 Å².